The number of ether oxygens (including phenoxy) is 1. The smallest absolute Gasteiger partial charge is 0.261 e. The Hall–Kier alpha value is -2.83. The zero-order valence-corrected chi connectivity index (χ0v) is 25.8. The summed E-state index contributed by atoms with van der Waals surface area (Å²) in [4.78, 5) is 29.3. The van der Waals surface area contributed by atoms with Gasteiger partial charge in [0.05, 0.1) is 4.47 Å². The molecule has 40 heavy (non-hydrogen) atoms. The fourth-order valence-corrected chi connectivity index (χ4v) is 5.63. The number of carbonyl (C=O) groups is 2. The molecule has 4 rings (SSSR count). The van der Waals surface area contributed by atoms with Crippen LogP contribution in [-0.2, 0) is 28.0 Å². The zero-order valence-electron chi connectivity index (χ0n) is 23.5. The second-order valence-corrected chi connectivity index (χ2v) is 12.8. The summed E-state index contributed by atoms with van der Waals surface area (Å²) < 4.78 is 6.82. The first-order valence-corrected chi connectivity index (χ1v) is 15.1. The van der Waals surface area contributed by atoms with Crippen molar-refractivity contribution in [3.63, 3.8) is 0 Å². The molecular formula is C33H38BrClN2O3. The number of hydrogen-bond acceptors (Lipinski definition) is 3. The van der Waals surface area contributed by atoms with Gasteiger partial charge in [0.2, 0.25) is 5.91 Å². The van der Waals surface area contributed by atoms with Gasteiger partial charge in [-0.15, -0.1) is 0 Å². The molecule has 1 fully saturated rings. The van der Waals surface area contributed by atoms with Crippen LogP contribution in [0, 0.1) is 0 Å². The van der Waals surface area contributed by atoms with Crippen LogP contribution >= 0.6 is 27.5 Å². The molecule has 0 bridgehead atoms. The number of carbonyl (C=O) groups excluding carboxylic acids is 2. The summed E-state index contributed by atoms with van der Waals surface area (Å²) in [6.07, 6.45) is 4.56. The third-order valence-corrected chi connectivity index (χ3v) is 8.26. The Bertz CT molecular complexity index is 1290. The SMILES string of the molecule is CC(C)(C)c1ccc(OCC(=O)N(Cc2ccc(Cl)cc2)[C@@H](Cc2ccccc2)C(=O)NC2CCCC2)c(Br)c1. The Labute approximate surface area is 251 Å². The van der Waals surface area contributed by atoms with Crippen molar-refractivity contribution in [2.75, 3.05) is 6.61 Å². The van der Waals surface area contributed by atoms with Crippen LogP contribution in [0.2, 0.25) is 5.02 Å². The van der Waals surface area contributed by atoms with E-state index in [9.17, 15) is 9.59 Å². The van der Waals surface area contributed by atoms with Gasteiger partial charge in [-0.1, -0.05) is 93.7 Å². The molecule has 3 aromatic carbocycles. The van der Waals surface area contributed by atoms with Gasteiger partial charge in [-0.05, 0) is 75.1 Å². The highest BCUT2D eigenvalue weighted by molar-refractivity contribution is 9.10. The van der Waals surface area contributed by atoms with E-state index >= 15 is 0 Å². The molecule has 1 saturated carbocycles. The lowest BCUT2D eigenvalue weighted by Gasteiger charge is -2.32. The molecule has 1 aliphatic rings. The van der Waals surface area contributed by atoms with Crippen LogP contribution in [0.1, 0.15) is 63.1 Å². The number of nitrogens with zero attached hydrogens (tertiary/aromatic N) is 1. The highest BCUT2D eigenvalue weighted by atomic mass is 79.9. The number of rotatable bonds is 10. The van der Waals surface area contributed by atoms with Gasteiger partial charge < -0.3 is 15.0 Å². The summed E-state index contributed by atoms with van der Waals surface area (Å²) in [7, 11) is 0. The van der Waals surface area contributed by atoms with Crippen LogP contribution in [0.4, 0.5) is 0 Å². The lowest BCUT2D eigenvalue weighted by molar-refractivity contribution is -0.143. The third-order valence-electron chi connectivity index (χ3n) is 7.39. The number of nitrogens with one attached hydrogen (secondary N) is 1. The van der Waals surface area contributed by atoms with E-state index < -0.39 is 6.04 Å². The number of amides is 2. The van der Waals surface area contributed by atoms with Crippen LogP contribution in [0.3, 0.4) is 0 Å². The van der Waals surface area contributed by atoms with E-state index in [4.69, 9.17) is 16.3 Å². The first-order chi connectivity index (χ1) is 19.1. The van der Waals surface area contributed by atoms with Crippen LogP contribution < -0.4 is 10.1 Å². The molecule has 7 heteroatoms. The summed E-state index contributed by atoms with van der Waals surface area (Å²) in [5, 5.41) is 3.85. The van der Waals surface area contributed by atoms with Crippen molar-refractivity contribution in [3.05, 3.63) is 99.0 Å². The Morgan fingerprint density at radius 3 is 2.30 bits per heavy atom. The first-order valence-electron chi connectivity index (χ1n) is 13.9. The van der Waals surface area contributed by atoms with E-state index in [0.717, 1.165) is 46.8 Å². The summed E-state index contributed by atoms with van der Waals surface area (Å²) in [6.45, 7) is 6.52. The highest BCUT2D eigenvalue weighted by Gasteiger charge is 2.32. The largest absolute Gasteiger partial charge is 0.483 e. The minimum absolute atomic E-state index is 0.0103. The second kappa shape index (κ2) is 13.7. The average Bonchev–Trinajstić information content (AvgIpc) is 3.44. The van der Waals surface area contributed by atoms with Crippen LogP contribution in [0.5, 0.6) is 5.75 Å². The minimum atomic E-state index is -0.693. The van der Waals surface area contributed by atoms with E-state index in [2.05, 4.69) is 42.0 Å². The molecule has 2 amide bonds. The highest BCUT2D eigenvalue weighted by Crippen LogP contribution is 2.31. The van der Waals surface area contributed by atoms with Gasteiger partial charge in [-0.25, -0.2) is 0 Å². The van der Waals surface area contributed by atoms with Crippen molar-refractivity contribution in [1.82, 2.24) is 10.2 Å². The molecule has 212 valence electrons. The third kappa shape index (κ3) is 8.34. The molecule has 0 radical (unpaired) electrons. The molecule has 3 aromatic rings. The lowest BCUT2D eigenvalue weighted by Crippen LogP contribution is -2.53. The van der Waals surface area contributed by atoms with Gasteiger partial charge in [-0.2, -0.15) is 0 Å². The number of benzene rings is 3. The molecule has 1 aliphatic carbocycles. The molecular weight excluding hydrogens is 588 g/mol. The fourth-order valence-electron chi connectivity index (χ4n) is 5.01. The van der Waals surface area contributed by atoms with Gasteiger partial charge in [0.1, 0.15) is 11.8 Å². The zero-order chi connectivity index (χ0) is 28.7. The normalized spacial score (nSPS) is 14.5. The van der Waals surface area contributed by atoms with Crippen LogP contribution in [0.25, 0.3) is 0 Å². The van der Waals surface area contributed by atoms with E-state index in [0.29, 0.717) is 17.2 Å². The van der Waals surface area contributed by atoms with E-state index in [1.54, 1.807) is 17.0 Å². The van der Waals surface area contributed by atoms with Crippen molar-refractivity contribution in [1.29, 1.82) is 0 Å². The van der Waals surface area contributed by atoms with E-state index in [-0.39, 0.29) is 36.4 Å². The standard InChI is InChI=1S/C33H38BrClN2O3/c1-33(2,3)25-15-18-30(28(34)20-25)40-22-31(38)37(21-24-13-16-26(35)17-14-24)29(19-23-9-5-4-6-10-23)32(39)36-27-11-7-8-12-27/h4-6,9-10,13-18,20,27,29H,7-8,11-12,19,21-22H2,1-3H3,(H,36,39)/t29-/m0/s1. The lowest BCUT2D eigenvalue weighted by atomic mass is 9.87. The second-order valence-electron chi connectivity index (χ2n) is 11.5. The van der Waals surface area contributed by atoms with Crippen molar-refractivity contribution < 1.29 is 14.3 Å². The molecule has 0 saturated heterocycles. The molecule has 0 spiro atoms. The Morgan fingerprint density at radius 2 is 1.68 bits per heavy atom. The summed E-state index contributed by atoms with van der Waals surface area (Å²) in [6, 6.07) is 22.6. The maximum Gasteiger partial charge on any atom is 0.261 e. The maximum absolute atomic E-state index is 13.9. The minimum Gasteiger partial charge on any atom is -0.483 e. The van der Waals surface area contributed by atoms with E-state index in [1.165, 1.54) is 0 Å². The molecule has 0 heterocycles. The molecule has 1 atom stereocenters. The predicted molar refractivity (Wildman–Crippen MR) is 165 cm³/mol. The fraction of sp³-hybridized carbons (Fsp3) is 0.394. The molecule has 1 N–H and O–H groups in total. The molecule has 0 unspecified atom stereocenters. The molecule has 0 aliphatic heterocycles. The Balaban J connectivity index is 1.60. The maximum atomic E-state index is 13.9. The van der Waals surface area contributed by atoms with Crippen LogP contribution in [-0.4, -0.2) is 35.4 Å². The van der Waals surface area contributed by atoms with Gasteiger partial charge in [0.15, 0.2) is 6.61 Å². The average molecular weight is 626 g/mol. The van der Waals surface area contributed by atoms with Crippen LogP contribution in [0.15, 0.2) is 77.3 Å². The quantitative estimate of drug-likeness (QED) is 0.254. The van der Waals surface area contributed by atoms with Gasteiger partial charge in [0, 0.05) is 24.0 Å². The van der Waals surface area contributed by atoms with Gasteiger partial charge >= 0.3 is 0 Å². The first kappa shape index (κ1) is 30.1. The number of halogens is 2. The number of hydrogen-bond donors (Lipinski definition) is 1. The summed E-state index contributed by atoms with van der Waals surface area (Å²) in [5.41, 5.74) is 3.03. The summed E-state index contributed by atoms with van der Waals surface area (Å²) in [5.74, 6) is 0.195. The Morgan fingerprint density at radius 1 is 1.00 bits per heavy atom. The van der Waals surface area contributed by atoms with Crippen molar-refractivity contribution >= 4 is 39.3 Å². The van der Waals surface area contributed by atoms with Crippen molar-refractivity contribution in [3.8, 4) is 5.75 Å². The summed E-state index contributed by atoms with van der Waals surface area (Å²) >= 11 is 9.73. The van der Waals surface area contributed by atoms with Gasteiger partial charge in [-0.3, -0.25) is 9.59 Å². The predicted octanol–water partition coefficient (Wildman–Crippen LogP) is 7.48. The molecule has 0 aromatic heterocycles. The molecule has 5 nitrogen and oxygen atoms in total. The Kier molecular flexibility index (Phi) is 10.3. The van der Waals surface area contributed by atoms with Crippen molar-refractivity contribution in [2.24, 2.45) is 0 Å². The topological polar surface area (TPSA) is 58.6 Å². The van der Waals surface area contributed by atoms with E-state index in [1.807, 2.05) is 60.7 Å². The van der Waals surface area contributed by atoms with Crippen molar-refractivity contribution in [2.45, 2.75) is 76.9 Å². The monoisotopic (exact) mass is 624 g/mol. The van der Waals surface area contributed by atoms with Gasteiger partial charge in [0.25, 0.3) is 5.91 Å².